The number of carbonyl (C=O) groups excluding carboxylic acids is 2. The average molecular weight is 382 g/mol. The molecule has 2 N–H and O–H groups in total. The zero-order chi connectivity index (χ0) is 20.7. The van der Waals surface area contributed by atoms with Crippen LogP contribution in [0.2, 0.25) is 0 Å². The van der Waals surface area contributed by atoms with Gasteiger partial charge < -0.3 is 10.6 Å². The highest BCUT2D eigenvalue weighted by Crippen LogP contribution is 2.19. The van der Waals surface area contributed by atoms with Gasteiger partial charge in [-0.25, -0.2) is 0 Å². The Bertz CT molecular complexity index is 786. The molecule has 2 aromatic carbocycles. The summed E-state index contributed by atoms with van der Waals surface area (Å²) in [7, 11) is 0. The molecule has 0 spiro atoms. The number of anilines is 2. The SMILES string of the molecule is CCN(CC)Cc1ccc(C(=O)Nc2ccc(NC(=O)C(C)(C)C)cc2)cc1. The van der Waals surface area contributed by atoms with Gasteiger partial charge in [0.1, 0.15) is 0 Å². The maximum Gasteiger partial charge on any atom is 0.255 e. The molecule has 0 bridgehead atoms. The Hall–Kier alpha value is -2.66. The average Bonchev–Trinajstić information content (AvgIpc) is 2.67. The van der Waals surface area contributed by atoms with Crippen molar-refractivity contribution in [3.05, 3.63) is 59.7 Å². The number of rotatable bonds is 7. The molecule has 0 saturated carbocycles. The summed E-state index contributed by atoms with van der Waals surface area (Å²) in [5.74, 6) is -0.199. The summed E-state index contributed by atoms with van der Waals surface area (Å²) in [6.07, 6.45) is 0. The normalized spacial score (nSPS) is 11.4. The summed E-state index contributed by atoms with van der Waals surface area (Å²) >= 11 is 0. The predicted octanol–water partition coefficient (Wildman–Crippen LogP) is 4.77. The minimum absolute atomic E-state index is 0.0471. The van der Waals surface area contributed by atoms with Gasteiger partial charge in [0.15, 0.2) is 0 Å². The monoisotopic (exact) mass is 381 g/mol. The fraction of sp³-hybridized carbons (Fsp3) is 0.391. The zero-order valence-corrected chi connectivity index (χ0v) is 17.5. The van der Waals surface area contributed by atoms with E-state index in [-0.39, 0.29) is 11.8 Å². The van der Waals surface area contributed by atoms with Crippen LogP contribution in [-0.2, 0) is 11.3 Å². The van der Waals surface area contributed by atoms with Crippen molar-refractivity contribution in [3.8, 4) is 0 Å². The molecule has 28 heavy (non-hydrogen) atoms. The van der Waals surface area contributed by atoms with Crippen molar-refractivity contribution in [1.29, 1.82) is 0 Å². The van der Waals surface area contributed by atoms with E-state index in [0.717, 1.165) is 19.6 Å². The molecule has 2 amide bonds. The van der Waals surface area contributed by atoms with Gasteiger partial charge in [0.05, 0.1) is 0 Å². The van der Waals surface area contributed by atoms with Crippen molar-refractivity contribution >= 4 is 23.2 Å². The smallest absolute Gasteiger partial charge is 0.255 e. The summed E-state index contributed by atoms with van der Waals surface area (Å²) in [4.78, 5) is 26.8. The molecule has 0 unspecified atom stereocenters. The van der Waals surface area contributed by atoms with E-state index >= 15 is 0 Å². The van der Waals surface area contributed by atoms with Gasteiger partial charge in [-0.05, 0) is 55.1 Å². The number of nitrogens with one attached hydrogen (secondary N) is 2. The second-order valence-electron chi connectivity index (χ2n) is 7.89. The van der Waals surface area contributed by atoms with E-state index in [1.807, 2.05) is 45.0 Å². The van der Waals surface area contributed by atoms with E-state index < -0.39 is 5.41 Å². The summed E-state index contributed by atoms with van der Waals surface area (Å²) in [5.41, 5.74) is 2.75. The molecule has 0 aromatic heterocycles. The van der Waals surface area contributed by atoms with Gasteiger partial charge in [0.2, 0.25) is 5.91 Å². The van der Waals surface area contributed by atoms with Crippen molar-refractivity contribution in [1.82, 2.24) is 4.90 Å². The second kappa shape index (κ2) is 9.51. The van der Waals surface area contributed by atoms with Crippen molar-refractivity contribution in [2.24, 2.45) is 5.41 Å². The molecular weight excluding hydrogens is 350 g/mol. The number of benzene rings is 2. The Labute approximate surface area is 168 Å². The summed E-state index contributed by atoms with van der Waals surface area (Å²) in [6.45, 7) is 12.8. The van der Waals surface area contributed by atoms with Gasteiger partial charge in [0.25, 0.3) is 5.91 Å². The lowest BCUT2D eigenvalue weighted by Gasteiger charge is -2.18. The van der Waals surface area contributed by atoms with Gasteiger partial charge >= 0.3 is 0 Å². The first kappa shape index (κ1) is 21.6. The summed E-state index contributed by atoms with van der Waals surface area (Å²) in [6, 6.07) is 14.8. The molecular formula is C23H31N3O2. The maximum absolute atomic E-state index is 12.5. The predicted molar refractivity (Wildman–Crippen MR) is 116 cm³/mol. The highest BCUT2D eigenvalue weighted by molar-refractivity contribution is 6.04. The van der Waals surface area contributed by atoms with Crippen LogP contribution in [0.25, 0.3) is 0 Å². The largest absolute Gasteiger partial charge is 0.326 e. The molecule has 0 saturated heterocycles. The molecule has 0 heterocycles. The lowest BCUT2D eigenvalue weighted by atomic mass is 9.95. The Morgan fingerprint density at radius 2 is 1.32 bits per heavy atom. The number of hydrogen-bond donors (Lipinski definition) is 2. The maximum atomic E-state index is 12.5. The standard InChI is InChI=1S/C23H31N3O2/c1-6-26(7-2)16-17-8-10-18(11-9-17)21(27)24-19-12-14-20(15-13-19)25-22(28)23(3,4)5/h8-15H,6-7,16H2,1-5H3,(H,24,27)(H,25,28). The molecule has 2 aromatic rings. The van der Waals surface area contributed by atoms with E-state index in [1.54, 1.807) is 24.3 Å². The van der Waals surface area contributed by atoms with E-state index in [1.165, 1.54) is 5.56 Å². The lowest BCUT2D eigenvalue weighted by Crippen LogP contribution is -2.27. The summed E-state index contributed by atoms with van der Waals surface area (Å²) < 4.78 is 0. The molecule has 0 fully saturated rings. The first-order valence-electron chi connectivity index (χ1n) is 9.77. The highest BCUT2D eigenvalue weighted by atomic mass is 16.2. The van der Waals surface area contributed by atoms with Gasteiger partial charge in [0, 0.05) is 28.9 Å². The molecule has 5 heteroatoms. The van der Waals surface area contributed by atoms with E-state index in [2.05, 4.69) is 29.4 Å². The van der Waals surface area contributed by atoms with Crippen LogP contribution in [-0.4, -0.2) is 29.8 Å². The molecule has 0 radical (unpaired) electrons. The topological polar surface area (TPSA) is 61.4 Å². The van der Waals surface area contributed by atoms with Crippen molar-refractivity contribution in [2.75, 3.05) is 23.7 Å². The van der Waals surface area contributed by atoms with Crippen LogP contribution in [0.3, 0.4) is 0 Å². The van der Waals surface area contributed by atoms with Crippen LogP contribution < -0.4 is 10.6 Å². The van der Waals surface area contributed by atoms with Crippen LogP contribution >= 0.6 is 0 Å². The van der Waals surface area contributed by atoms with Gasteiger partial charge in [-0.2, -0.15) is 0 Å². The Morgan fingerprint density at radius 1 is 0.821 bits per heavy atom. The molecule has 0 atom stereocenters. The quantitative estimate of drug-likeness (QED) is 0.726. The number of carbonyl (C=O) groups is 2. The third-order valence-electron chi connectivity index (χ3n) is 4.60. The fourth-order valence-electron chi connectivity index (χ4n) is 2.63. The Kier molecular flexibility index (Phi) is 7.35. The second-order valence-corrected chi connectivity index (χ2v) is 7.89. The molecule has 150 valence electrons. The third-order valence-corrected chi connectivity index (χ3v) is 4.60. The molecule has 2 rings (SSSR count). The first-order chi connectivity index (χ1) is 13.2. The van der Waals surface area contributed by atoms with Gasteiger partial charge in [-0.15, -0.1) is 0 Å². The number of hydrogen-bond acceptors (Lipinski definition) is 3. The molecule has 0 aliphatic heterocycles. The van der Waals surface area contributed by atoms with E-state index in [4.69, 9.17) is 0 Å². The minimum Gasteiger partial charge on any atom is -0.326 e. The van der Waals surface area contributed by atoms with Gasteiger partial charge in [-0.1, -0.05) is 46.8 Å². The lowest BCUT2D eigenvalue weighted by molar-refractivity contribution is -0.123. The Balaban J connectivity index is 1.96. The minimum atomic E-state index is -0.454. The van der Waals surface area contributed by atoms with Crippen molar-refractivity contribution < 1.29 is 9.59 Å². The molecule has 0 aliphatic carbocycles. The summed E-state index contributed by atoms with van der Waals surface area (Å²) in [5, 5.41) is 5.76. The van der Waals surface area contributed by atoms with Crippen LogP contribution in [0.5, 0.6) is 0 Å². The van der Waals surface area contributed by atoms with E-state index in [0.29, 0.717) is 16.9 Å². The highest BCUT2D eigenvalue weighted by Gasteiger charge is 2.21. The molecule has 0 aliphatic rings. The van der Waals surface area contributed by atoms with E-state index in [9.17, 15) is 9.59 Å². The molecule has 5 nitrogen and oxygen atoms in total. The van der Waals surface area contributed by atoms with Crippen molar-refractivity contribution in [3.63, 3.8) is 0 Å². The van der Waals surface area contributed by atoms with Crippen LogP contribution in [0, 0.1) is 5.41 Å². The van der Waals surface area contributed by atoms with Crippen molar-refractivity contribution in [2.45, 2.75) is 41.2 Å². The van der Waals surface area contributed by atoms with Crippen LogP contribution in [0.15, 0.2) is 48.5 Å². The first-order valence-corrected chi connectivity index (χ1v) is 9.77. The van der Waals surface area contributed by atoms with Gasteiger partial charge in [-0.3, -0.25) is 14.5 Å². The zero-order valence-electron chi connectivity index (χ0n) is 17.5. The fourth-order valence-corrected chi connectivity index (χ4v) is 2.63. The van der Waals surface area contributed by atoms with Crippen LogP contribution in [0.4, 0.5) is 11.4 Å². The number of nitrogens with zero attached hydrogens (tertiary/aromatic N) is 1. The number of amides is 2. The van der Waals surface area contributed by atoms with Crippen LogP contribution in [0.1, 0.15) is 50.5 Å². The third kappa shape index (κ3) is 6.20. The Morgan fingerprint density at radius 3 is 1.79 bits per heavy atom.